The zero-order valence-electron chi connectivity index (χ0n) is 7.03. The Kier molecular flexibility index (Phi) is 1.48. The number of carbonyl (C=O) groups excluding carboxylic acids is 1. The van der Waals surface area contributed by atoms with E-state index in [4.69, 9.17) is 0 Å². The van der Waals surface area contributed by atoms with Crippen molar-refractivity contribution in [2.45, 2.75) is 18.9 Å². The molecule has 64 valence electrons. The number of carbonyl (C=O) groups is 1. The first-order chi connectivity index (χ1) is 5.59. The van der Waals surface area contributed by atoms with Crippen LogP contribution in [-0.4, -0.2) is 16.5 Å². The summed E-state index contributed by atoms with van der Waals surface area (Å²) in [6, 6.07) is 0. The first-order valence-corrected chi connectivity index (χ1v) is 4.23. The van der Waals surface area contributed by atoms with Crippen molar-refractivity contribution in [2.24, 2.45) is 11.8 Å². The molecule has 2 aliphatic carbocycles. The summed E-state index contributed by atoms with van der Waals surface area (Å²) in [4.78, 5) is 11.2. The second-order valence-electron chi connectivity index (χ2n) is 3.80. The third kappa shape index (κ3) is 1.03. The lowest BCUT2D eigenvalue weighted by Crippen LogP contribution is -2.39. The molecule has 1 N–H and O–H groups in total. The number of hydrogen-bond acceptors (Lipinski definition) is 2. The lowest BCUT2D eigenvalue weighted by Gasteiger charge is -2.36. The van der Waals surface area contributed by atoms with Crippen molar-refractivity contribution in [3.8, 4) is 0 Å². The van der Waals surface area contributed by atoms with Crippen molar-refractivity contribution in [3.63, 3.8) is 0 Å². The molecule has 12 heavy (non-hydrogen) atoms. The molecule has 0 spiro atoms. The van der Waals surface area contributed by atoms with Crippen LogP contribution < -0.4 is 0 Å². The Morgan fingerprint density at radius 3 is 3.08 bits per heavy atom. The minimum absolute atomic E-state index is 0.0141. The van der Waals surface area contributed by atoms with Crippen LogP contribution in [0.3, 0.4) is 0 Å². The van der Waals surface area contributed by atoms with Crippen LogP contribution in [0.1, 0.15) is 13.3 Å². The Bertz CT molecular complexity index is 274. The van der Waals surface area contributed by atoms with Crippen LogP contribution in [0.4, 0.5) is 0 Å². The van der Waals surface area contributed by atoms with Crippen LogP contribution in [0.15, 0.2) is 24.3 Å². The zero-order chi connectivity index (χ0) is 8.77. The lowest BCUT2D eigenvalue weighted by atomic mass is 9.72. The van der Waals surface area contributed by atoms with Gasteiger partial charge in [-0.1, -0.05) is 18.2 Å². The van der Waals surface area contributed by atoms with Crippen molar-refractivity contribution in [3.05, 3.63) is 24.3 Å². The normalized spacial score (nSPS) is 45.0. The third-order valence-corrected chi connectivity index (χ3v) is 2.78. The zero-order valence-corrected chi connectivity index (χ0v) is 7.03. The average molecular weight is 164 g/mol. The van der Waals surface area contributed by atoms with Crippen LogP contribution in [-0.2, 0) is 4.79 Å². The Labute approximate surface area is 71.6 Å². The molecule has 0 saturated carbocycles. The summed E-state index contributed by atoms with van der Waals surface area (Å²) in [7, 11) is 0. The molecule has 2 aliphatic rings. The van der Waals surface area contributed by atoms with Crippen molar-refractivity contribution in [1.29, 1.82) is 0 Å². The van der Waals surface area contributed by atoms with E-state index >= 15 is 0 Å². The minimum Gasteiger partial charge on any atom is -0.385 e. The highest BCUT2D eigenvalue weighted by Crippen LogP contribution is 2.35. The summed E-state index contributed by atoms with van der Waals surface area (Å²) in [6.07, 6.45) is 7.74. The Morgan fingerprint density at radius 1 is 1.58 bits per heavy atom. The van der Waals surface area contributed by atoms with Gasteiger partial charge in [-0.25, -0.2) is 0 Å². The Balaban J connectivity index is 2.37. The minimum atomic E-state index is -0.756. The molecule has 0 saturated heterocycles. The predicted octanol–water partition coefficient (Wildman–Crippen LogP) is 1.07. The quantitative estimate of drug-likeness (QED) is 0.544. The third-order valence-electron chi connectivity index (χ3n) is 2.78. The molecule has 0 heterocycles. The fraction of sp³-hybridized carbons (Fsp3) is 0.500. The van der Waals surface area contributed by atoms with Crippen LogP contribution >= 0.6 is 0 Å². The van der Waals surface area contributed by atoms with Crippen molar-refractivity contribution in [1.82, 2.24) is 0 Å². The molecule has 2 heteroatoms. The first-order valence-electron chi connectivity index (χ1n) is 4.23. The van der Waals surface area contributed by atoms with E-state index in [2.05, 4.69) is 0 Å². The molecule has 0 aromatic carbocycles. The molecule has 0 aromatic heterocycles. The number of rotatable bonds is 0. The van der Waals surface area contributed by atoms with E-state index in [0.717, 1.165) is 6.42 Å². The van der Waals surface area contributed by atoms with Crippen molar-refractivity contribution >= 4 is 5.78 Å². The van der Waals surface area contributed by atoms with Crippen molar-refractivity contribution < 1.29 is 9.90 Å². The topological polar surface area (TPSA) is 37.3 Å². The summed E-state index contributed by atoms with van der Waals surface area (Å²) < 4.78 is 0. The molecule has 2 bridgehead atoms. The molecule has 0 fully saturated rings. The van der Waals surface area contributed by atoms with Gasteiger partial charge in [0.1, 0.15) is 0 Å². The van der Waals surface area contributed by atoms with Gasteiger partial charge in [0.05, 0.1) is 5.60 Å². The number of ketones is 1. The average Bonchev–Trinajstić information content (AvgIpc) is 2.02. The number of allylic oxidation sites excluding steroid dienone is 2. The van der Waals surface area contributed by atoms with Gasteiger partial charge >= 0.3 is 0 Å². The maximum Gasteiger partial charge on any atom is 0.162 e. The van der Waals surface area contributed by atoms with Crippen LogP contribution in [0.25, 0.3) is 0 Å². The highest BCUT2D eigenvalue weighted by Gasteiger charge is 2.37. The maximum atomic E-state index is 11.2. The molecular weight excluding hydrogens is 152 g/mol. The second kappa shape index (κ2) is 2.30. The molecule has 0 unspecified atom stereocenters. The van der Waals surface area contributed by atoms with Crippen LogP contribution in [0, 0.1) is 11.8 Å². The van der Waals surface area contributed by atoms with Gasteiger partial charge in [0, 0.05) is 11.8 Å². The Morgan fingerprint density at radius 2 is 2.33 bits per heavy atom. The monoisotopic (exact) mass is 164 g/mol. The number of fused-ring (bicyclic) bond motifs is 2. The summed E-state index contributed by atoms with van der Waals surface area (Å²) in [6.45, 7) is 1.78. The van der Waals surface area contributed by atoms with E-state index in [9.17, 15) is 9.90 Å². The predicted molar refractivity (Wildman–Crippen MR) is 45.5 cm³/mol. The van der Waals surface area contributed by atoms with E-state index < -0.39 is 5.60 Å². The van der Waals surface area contributed by atoms with Gasteiger partial charge in [0.15, 0.2) is 5.78 Å². The van der Waals surface area contributed by atoms with Gasteiger partial charge in [-0.05, 0) is 19.4 Å². The molecule has 2 nitrogen and oxygen atoms in total. The molecule has 3 atom stereocenters. The van der Waals surface area contributed by atoms with Crippen molar-refractivity contribution in [2.75, 3.05) is 0 Å². The maximum absolute atomic E-state index is 11.2. The smallest absolute Gasteiger partial charge is 0.162 e. The summed E-state index contributed by atoms with van der Waals surface area (Å²) in [5, 5.41) is 9.82. The molecule has 0 aliphatic heterocycles. The molecule has 0 aromatic rings. The van der Waals surface area contributed by atoms with E-state index in [-0.39, 0.29) is 17.6 Å². The second-order valence-corrected chi connectivity index (χ2v) is 3.80. The van der Waals surface area contributed by atoms with Crippen LogP contribution in [0.2, 0.25) is 0 Å². The van der Waals surface area contributed by atoms with Gasteiger partial charge in [-0.2, -0.15) is 0 Å². The highest BCUT2D eigenvalue weighted by atomic mass is 16.3. The van der Waals surface area contributed by atoms with Gasteiger partial charge in [0.25, 0.3) is 0 Å². The molecule has 0 radical (unpaired) electrons. The van der Waals surface area contributed by atoms with Crippen LogP contribution in [0.5, 0.6) is 0 Å². The summed E-state index contributed by atoms with van der Waals surface area (Å²) in [5.74, 6) is 0.295. The van der Waals surface area contributed by atoms with E-state index in [0.29, 0.717) is 0 Å². The lowest BCUT2D eigenvalue weighted by molar-refractivity contribution is -0.118. The van der Waals surface area contributed by atoms with Gasteiger partial charge in [-0.3, -0.25) is 4.79 Å². The SMILES string of the molecule is C[C@]1(O)C=C[C@@H]2C[C@H]1C=CC2=O. The molecule has 2 rings (SSSR count). The standard InChI is InChI=1S/C10H12O2/c1-10(12)5-4-7-6-8(10)2-3-9(7)11/h2-5,7-8,12H,6H2,1H3/t7-,8-,10+/m1/s1. The summed E-state index contributed by atoms with van der Waals surface area (Å²) >= 11 is 0. The fourth-order valence-electron chi connectivity index (χ4n) is 1.84. The van der Waals surface area contributed by atoms with E-state index in [1.807, 2.05) is 12.2 Å². The molecular formula is C10H12O2. The summed E-state index contributed by atoms with van der Waals surface area (Å²) in [5.41, 5.74) is -0.756. The fourth-order valence-corrected chi connectivity index (χ4v) is 1.84. The highest BCUT2D eigenvalue weighted by molar-refractivity contribution is 5.94. The largest absolute Gasteiger partial charge is 0.385 e. The first kappa shape index (κ1) is 7.74. The Hall–Kier alpha value is -0.890. The number of hydrogen-bond donors (Lipinski definition) is 1. The van der Waals surface area contributed by atoms with E-state index in [1.165, 1.54) is 0 Å². The van der Waals surface area contributed by atoms with Gasteiger partial charge in [0.2, 0.25) is 0 Å². The molecule has 0 amide bonds. The van der Waals surface area contributed by atoms with Gasteiger partial charge in [-0.15, -0.1) is 0 Å². The van der Waals surface area contributed by atoms with Gasteiger partial charge < -0.3 is 5.11 Å². The van der Waals surface area contributed by atoms with E-state index in [1.54, 1.807) is 19.1 Å². The number of aliphatic hydroxyl groups is 1.